The monoisotopic (exact) mass is 356 g/mol. The van der Waals surface area contributed by atoms with Crippen LogP contribution in [0.3, 0.4) is 0 Å². The number of rotatable bonds is 6. The Bertz CT molecular complexity index is 430. The second-order valence-corrected chi connectivity index (χ2v) is 7.93. The van der Waals surface area contributed by atoms with E-state index in [2.05, 4.69) is 77.0 Å². The molecule has 1 aliphatic heterocycles. The molecule has 4 heteroatoms. The summed E-state index contributed by atoms with van der Waals surface area (Å²) in [5.41, 5.74) is 2.65. The average Bonchev–Trinajstić information content (AvgIpc) is 2.93. The lowest BCUT2D eigenvalue weighted by Crippen LogP contribution is -2.31. The summed E-state index contributed by atoms with van der Waals surface area (Å²) in [6.07, 6.45) is 1.30. The van der Waals surface area contributed by atoms with Gasteiger partial charge in [-0.2, -0.15) is 11.8 Å². The Hall–Kier alpha value is -0.190. The molecule has 112 valence electrons. The van der Waals surface area contributed by atoms with Gasteiger partial charge in [0.2, 0.25) is 0 Å². The SMILES string of the molecule is CC(C)CNCc1ccc(N(C)C2CCSC2)cc1Br. The fraction of sp³-hybridized carbons (Fsp3) is 0.625. The zero-order valence-corrected chi connectivity index (χ0v) is 15.1. The molecular weight excluding hydrogens is 332 g/mol. The summed E-state index contributed by atoms with van der Waals surface area (Å²) in [4.78, 5) is 2.43. The maximum atomic E-state index is 3.72. The van der Waals surface area contributed by atoms with Crippen LogP contribution < -0.4 is 10.2 Å². The van der Waals surface area contributed by atoms with Gasteiger partial charge in [-0.1, -0.05) is 35.8 Å². The largest absolute Gasteiger partial charge is 0.371 e. The highest BCUT2D eigenvalue weighted by Gasteiger charge is 2.20. The van der Waals surface area contributed by atoms with Crippen molar-refractivity contribution in [2.75, 3.05) is 30.0 Å². The van der Waals surface area contributed by atoms with Crippen molar-refractivity contribution >= 4 is 33.4 Å². The van der Waals surface area contributed by atoms with E-state index in [1.165, 1.54) is 33.7 Å². The molecule has 0 spiro atoms. The van der Waals surface area contributed by atoms with Gasteiger partial charge in [-0.25, -0.2) is 0 Å². The maximum Gasteiger partial charge on any atom is 0.0385 e. The van der Waals surface area contributed by atoms with Gasteiger partial charge >= 0.3 is 0 Å². The van der Waals surface area contributed by atoms with Crippen molar-refractivity contribution in [2.24, 2.45) is 5.92 Å². The Morgan fingerprint density at radius 1 is 1.45 bits per heavy atom. The zero-order chi connectivity index (χ0) is 14.5. The minimum Gasteiger partial charge on any atom is -0.371 e. The predicted molar refractivity (Wildman–Crippen MR) is 94.8 cm³/mol. The van der Waals surface area contributed by atoms with Crippen LogP contribution in [-0.4, -0.2) is 31.1 Å². The molecule has 1 fully saturated rings. The van der Waals surface area contributed by atoms with Crippen LogP contribution in [0.5, 0.6) is 0 Å². The van der Waals surface area contributed by atoms with Crippen LogP contribution in [-0.2, 0) is 6.54 Å². The van der Waals surface area contributed by atoms with Crippen molar-refractivity contribution in [1.82, 2.24) is 5.32 Å². The Kier molecular flexibility index (Phi) is 6.24. The lowest BCUT2D eigenvalue weighted by molar-refractivity contribution is 0.552. The van der Waals surface area contributed by atoms with E-state index < -0.39 is 0 Å². The maximum absolute atomic E-state index is 3.72. The molecule has 2 rings (SSSR count). The Morgan fingerprint density at radius 2 is 2.25 bits per heavy atom. The summed E-state index contributed by atoms with van der Waals surface area (Å²) < 4.78 is 1.21. The van der Waals surface area contributed by atoms with Crippen LogP contribution in [0.2, 0.25) is 0 Å². The predicted octanol–water partition coefficient (Wildman–Crippen LogP) is 4.14. The van der Waals surface area contributed by atoms with Gasteiger partial charge in [0.25, 0.3) is 0 Å². The summed E-state index contributed by atoms with van der Waals surface area (Å²) in [5, 5.41) is 3.50. The average molecular weight is 357 g/mol. The van der Waals surface area contributed by atoms with Gasteiger partial charge in [0.05, 0.1) is 0 Å². The quantitative estimate of drug-likeness (QED) is 0.824. The van der Waals surface area contributed by atoms with Crippen LogP contribution in [0, 0.1) is 5.92 Å². The minimum atomic E-state index is 0.691. The molecule has 0 aromatic heterocycles. The summed E-state index contributed by atoms with van der Waals surface area (Å²) in [6, 6.07) is 7.44. The molecule has 0 radical (unpaired) electrons. The molecule has 1 aliphatic rings. The van der Waals surface area contributed by atoms with E-state index in [9.17, 15) is 0 Å². The second-order valence-electron chi connectivity index (χ2n) is 5.93. The molecule has 1 unspecified atom stereocenters. The zero-order valence-electron chi connectivity index (χ0n) is 12.7. The standard InChI is InChI=1S/C16H25BrN2S/c1-12(2)9-18-10-13-4-5-14(8-16(13)17)19(3)15-6-7-20-11-15/h4-5,8,12,15,18H,6-7,9-11H2,1-3H3. The summed E-state index contributed by atoms with van der Waals surface area (Å²) in [6.45, 7) is 6.47. The number of hydrogen-bond donors (Lipinski definition) is 1. The summed E-state index contributed by atoms with van der Waals surface area (Å²) in [7, 11) is 2.22. The van der Waals surface area contributed by atoms with E-state index in [0.717, 1.165) is 13.1 Å². The van der Waals surface area contributed by atoms with E-state index in [0.29, 0.717) is 12.0 Å². The summed E-state index contributed by atoms with van der Waals surface area (Å²) >= 11 is 5.78. The molecule has 20 heavy (non-hydrogen) atoms. The lowest BCUT2D eigenvalue weighted by atomic mass is 10.1. The molecule has 0 bridgehead atoms. The van der Waals surface area contributed by atoms with Gasteiger partial charge < -0.3 is 10.2 Å². The van der Waals surface area contributed by atoms with E-state index in [1.807, 2.05) is 0 Å². The lowest BCUT2D eigenvalue weighted by Gasteiger charge is -2.26. The first-order valence-corrected chi connectivity index (χ1v) is 9.32. The van der Waals surface area contributed by atoms with Crippen molar-refractivity contribution in [2.45, 2.75) is 32.9 Å². The number of halogens is 1. The van der Waals surface area contributed by atoms with Crippen molar-refractivity contribution < 1.29 is 0 Å². The molecule has 0 saturated carbocycles. The molecule has 2 nitrogen and oxygen atoms in total. The van der Waals surface area contributed by atoms with Crippen molar-refractivity contribution in [3.05, 3.63) is 28.2 Å². The fourth-order valence-corrected chi connectivity index (χ4v) is 4.21. The molecule has 0 aliphatic carbocycles. The number of nitrogens with zero attached hydrogens (tertiary/aromatic N) is 1. The van der Waals surface area contributed by atoms with Crippen LogP contribution in [0.25, 0.3) is 0 Å². The molecule has 1 heterocycles. The number of thioether (sulfide) groups is 1. The molecule has 1 aromatic carbocycles. The topological polar surface area (TPSA) is 15.3 Å². The molecule has 1 saturated heterocycles. The molecule has 1 aromatic rings. The number of anilines is 1. The normalized spacial score (nSPS) is 18.8. The van der Waals surface area contributed by atoms with Crippen LogP contribution in [0.4, 0.5) is 5.69 Å². The van der Waals surface area contributed by atoms with Crippen molar-refractivity contribution in [3.63, 3.8) is 0 Å². The van der Waals surface area contributed by atoms with E-state index in [1.54, 1.807) is 0 Å². The first kappa shape index (κ1) is 16.2. The Morgan fingerprint density at radius 3 is 2.85 bits per heavy atom. The van der Waals surface area contributed by atoms with Crippen molar-refractivity contribution in [3.8, 4) is 0 Å². The van der Waals surface area contributed by atoms with Crippen molar-refractivity contribution in [1.29, 1.82) is 0 Å². The van der Waals surface area contributed by atoms with Crippen LogP contribution in [0.15, 0.2) is 22.7 Å². The van der Waals surface area contributed by atoms with Gasteiger partial charge in [-0.15, -0.1) is 0 Å². The first-order valence-electron chi connectivity index (χ1n) is 7.37. The molecule has 0 amide bonds. The van der Waals surface area contributed by atoms with Crippen LogP contribution >= 0.6 is 27.7 Å². The smallest absolute Gasteiger partial charge is 0.0385 e. The third-order valence-corrected chi connectivity index (χ3v) is 5.65. The van der Waals surface area contributed by atoms with Gasteiger partial charge in [0.1, 0.15) is 0 Å². The van der Waals surface area contributed by atoms with E-state index >= 15 is 0 Å². The van der Waals surface area contributed by atoms with E-state index in [-0.39, 0.29) is 0 Å². The van der Waals surface area contributed by atoms with Gasteiger partial charge in [-0.05, 0) is 42.3 Å². The highest BCUT2D eigenvalue weighted by atomic mass is 79.9. The number of nitrogens with one attached hydrogen (secondary N) is 1. The third-order valence-electron chi connectivity index (χ3n) is 3.77. The van der Waals surface area contributed by atoms with Gasteiger partial charge in [0.15, 0.2) is 0 Å². The second kappa shape index (κ2) is 7.71. The molecular formula is C16H25BrN2S. The van der Waals surface area contributed by atoms with Crippen LogP contribution in [0.1, 0.15) is 25.8 Å². The molecule has 1 atom stereocenters. The Balaban J connectivity index is 1.97. The first-order chi connectivity index (χ1) is 9.58. The number of benzene rings is 1. The fourth-order valence-electron chi connectivity index (χ4n) is 2.43. The Labute approximate surface area is 135 Å². The highest BCUT2D eigenvalue weighted by Crippen LogP contribution is 2.29. The summed E-state index contributed by atoms with van der Waals surface area (Å²) in [5.74, 6) is 3.25. The minimum absolute atomic E-state index is 0.691. The van der Waals surface area contributed by atoms with Gasteiger partial charge in [0, 0.05) is 35.5 Å². The highest BCUT2D eigenvalue weighted by molar-refractivity contribution is 9.10. The van der Waals surface area contributed by atoms with Gasteiger partial charge in [-0.3, -0.25) is 0 Å². The third kappa shape index (κ3) is 4.40. The molecule has 1 N–H and O–H groups in total. The number of hydrogen-bond acceptors (Lipinski definition) is 3. The van der Waals surface area contributed by atoms with E-state index in [4.69, 9.17) is 0 Å².